The van der Waals surface area contributed by atoms with Crippen LogP contribution in [0.2, 0.25) is 0 Å². The highest BCUT2D eigenvalue weighted by atomic mass is 79.9. The van der Waals surface area contributed by atoms with Crippen LogP contribution in [-0.4, -0.2) is 54.8 Å². The normalized spacial score (nSPS) is 10.5. The number of hydrogen-bond donors (Lipinski definition) is 3. The lowest BCUT2D eigenvalue weighted by Crippen LogP contribution is -2.24. The number of nitrogens with zero attached hydrogens (tertiary/aromatic N) is 1. The fourth-order valence-corrected chi connectivity index (χ4v) is 3.94. The van der Waals surface area contributed by atoms with Gasteiger partial charge in [0.1, 0.15) is 5.69 Å². The highest BCUT2D eigenvalue weighted by Gasteiger charge is 2.27. The van der Waals surface area contributed by atoms with Crippen LogP contribution in [0.5, 0.6) is 17.2 Å². The smallest absolute Gasteiger partial charge is 0.355 e. The average molecular weight is 507 g/mol. The molecular weight excluding hydrogens is 484 g/mol. The first-order chi connectivity index (χ1) is 15.5. The van der Waals surface area contributed by atoms with Crippen LogP contribution >= 0.6 is 15.9 Å². The number of carbonyl (C=O) groups is 2. The van der Waals surface area contributed by atoms with Crippen molar-refractivity contribution in [1.29, 1.82) is 0 Å². The van der Waals surface area contributed by atoms with Crippen LogP contribution in [0.4, 0.5) is 0 Å². The van der Waals surface area contributed by atoms with E-state index in [1.807, 2.05) is 0 Å². The zero-order valence-electron chi connectivity index (χ0n) is 18.0. The van der Waals surface area contributed by atoms with E-state index in [0.29, 0.717) is 38.5 Å². The first kappa shape index (κ1) is 23.2. The van der Waals surface area contributed by atoms with Gasteiger partial charge in [0.05, 0.1) is 39.0 Å². The Morgan fingerprint density at radius 3 is 2.47 bits per heavy atom. The van der Waals surface area contributed by atoms with Crippen LogP contribution in [0.25, 0.3) is 11.1 Å². The minimum absolute atomic E-state index is 0.0738. The third-order valence-corrected chi connectivity index (χ3v) is 5.40. The van der Waals surface area contributed by atoms with Crippen molar-refractivity contribution in [3.05, 3.63) is 46.2 Å². The molecular formula is C21H23BrN4O6. The zero-order valence-corrected chi connectivity index (χ0v) is 19.6. The molecule has 0 aliphatic carbocycles. The number of amides is 1. The summed E-state index contributed by atoms with van der Waals surface area (Å²) in [4.78, 5) is 34.6. The van der Waals surface area contributed by atoms with Crippen LogP contribution in [-0.2, 0) is 11.3 Å². The van der Waals surface area contributed by atoms with E-state index in [2.05, 4.69) is 36.2 Å². The van der Waals surface area contributed by atoms with Crippen molar-refractivity contribution in [3.63, 3.8) is 0 Å². The topological polar surface area (TPSA) is 128 Å². The zero-order chi connectivity index (χ0) is 23.3. The lowest BCUT2D eigenvalue weighted by molar-refractivity contribution is 0.0519. The molecule has 0 aliphatic rings. The monoisotopic (exact) mass is 506 g/mol. The van der Waals surface area contributed by atoms with Gasteiger partial charge in [-0.05, 0) is 35.0 Å². The number of imidazole rings is 1. The molecule has 3 aromatic rings. The second-order valence-electron chi connectivity index (χ2n) is 6.39. The van der Waals surface area contributed by atoms with E-state index in [9.17, 15) is 9.59 Å². The number of aromatic amines is 2. The van der Waals surface area contributed by atoms with E-state index >= 15 is 0 Å². The molecule has 2 aromatic heterocycles. The Bertz CT molecular complexity index is 1110. The number of esters is 1. The molecule has 0 radical (unpaired) electrons. The summed E-state index contributed by atoms with van der Waals surface area (Å²) >= 11 is 3.51. The van der Waals surface area contributed by atoms with E-state index in [-0.39, 0.29) is 24.7 Å². The fourth-order valence-electron chi connectivity index (χ4n) is 3.22. The maximum Gasteiger partial charge on any atom is 0.355 e. The van der Waals surface area contributed by atoms with E-state index in [0.717, 1.165) is 0 Å². The Morgan fingerprint density at radius 2 is 1.88 bits per heavy atom. The van der Waals surface area contributed by atoms with Crippen LogP contribution in [0.3, 0.4) is 0 Å². The molecule has 0 saturated heterocycles. The molecule has 2 heterocycles. The summed E-state index contributed by atoms with van der Waals surface area (Å²) in [6, 6.07) is 3.51. The van der Waals surface area contributed by atoms with Crippen LogP contribution in [0, 0.1) is 0 Å². The highest BCUT2D eigenvalue weighted by Crippen LogP contribution is 2.47. The van der Waals surface area contributed by atoms with E-state index in [1.54, 1.807) is 25.3 Å². The van der Waals surface area contributed by atoms with Gasteiger partial charge in [-0.15, -0.1) is 0 Å². The quantitative estimate of drug-likeness (QED) is 0.379. The van der Waals surface area contributed by atoms with Crippen molar-refractivity contribution in [2.75, 3.05) is 27.9 Å². The predicted octanol–water partition coefficient (Wildman–Crippen LogP) is 3.30. The van der Waals surface area contributed by atoms with Crippen molar-refractivity contribution < 1.29 is 28.5 Å². The molecule has 0 spiro atoms. The fraction of sp³-hybridized carbons (Fsp3) is 0.286. The molecule has 10 nitrogen and oxygen atoms in total. The van der Waals surface area contributed by atoms with E-state index in [4.69, 9.17) is 18.9 Å². The predicted molar refractivity (Wildman–Crippen MR) is 119 cm³/mol. The summed E-state index contributed by atoms with van der Waals surface area (Å²) in [6.07, 6.45) is 3.04. The standard InChI is InChI=1S/C21H23BrN4O6/c1-5-32-21(28)16-15(22)14(11-6-7-13(29-2)18(31-4)17(11)30-3)12(26-16)10-25-20(27)19-23-8-9-24-19/h6-9,26H,5,10H2,1-4H3,(H,23,24)(H,25,27). The highest BCUT2D eigenvalue weighted by molar-refractivity contribution is 9.10. The molecule has 1 amide bonds. The van der Waals surface area contributed by atoms with Crippen molar-refractivity contribution in [2.24, 2.45) is 0 Å². The van der Waals surface area contributed by atoms with E-state index in [1.165, 1.54) is 27.5 Å². The number of nitrogens with one attached hydrogen (secondary N) is 3. The van der Waals surface area contributed by atoms with Gasteiger partial charge in [-0.3, -0.25) is 4.79 Å². The number of benzene rings is 1. The minimum Gasteiger partial charge on any atom is -0.493 e. The molecule has 3 N–H and O–H groups in total. The number of hydrogen-bond acceptors (Lipinski definition) is 7. The number of H-pyrrole nitrogens is 2. The van der Waals surface area contributed by atoms with Crippen molar-refractivity contribution in [3.8, 4) is 28.4 Å². The second-order valence-corrected chi connectivity index (χ2v) is 7.18. The third kappa shape index (κ3) is 4.42. The maximum atomic E-state index is 12.5. The van der Waals surface area contributed by atoms with Crippen LogP contribution in [0.1, 0.15) is 33.7 Å². The molecule has 3 rings (SSSR count). The van der Waals surface area contributed by atoms with Gasteiger partial charge < -0.3 is 34.2 Å². The van der Waals surface area contributed by atoms with Gasteiger partial charge in [-0.25, -0.2) is 9.78 Å². The lowest BCUT2D eigenvalue weighted by atomic mass is 10.0. The summed E-state index contributed by atoms with van der Waals surface area (Å²) in [6.45, 7) is 2.01. The minimum atomic E-state index is -0.538. The molecule has 0 atom stereocenters. The molecule has 170 valence electrons. The van der Waals surface area contributed by atoms with Gasteiger partial charge >= 0.3 is 5.97 Å². The van der Waals surface area contributed by atoms with E-state index < -0.39 is 11.9 Å². The third-order valence-electron chi connectivity index (χ3n) is 4.61. The molecule has 1 aromatic carbocycles. The first-order valence-electron chi connectivity index (χ1n) is 9.61. The number of methoxy groups -OCH3 is 3. The Labute approximate surface area is 192 Å². The lowest BCUT2D eigenvalue weighted by Gasteiger charge is -2.16. The molecule has 0 saturated carbocycles. The van der Waals surface area contributed by atoms with Crippen molar-refractivity contribution in [2.45, 2.75) is 13.5 Å². The second kappa shape index (κ2) is 10.2. The van der Waals surface area contributed by atoms with Crippen molar-refractivity contribution >= 4 is 27.8 Å². The van der Waals surface area contributed by atoms with Gasteiger partial charge in [-0.2, -0.15) is 0 Å². The molecule has 11 heteroatoms. The Hall–Kier alpha value is -3.47. The maximum absolute atomic E-state index is 12.5. The van der Waals surface area contributed by atoms with Crippen LogP contribution in [0.15, 0.2) is 29.0 Å². The SMILES string of the molecule is CCOC(=O)c1[nH]c(CNC(=O)c2ncc[nH]2)c(-c2ccc(OC)c(OC)c2OC)c1Br. The summed E-state index contributed by atoms with van der Waals surface area (Å²) in [5, 5.41) is 2.78. The molecule has 0 unspecified atom stereocenters. The molecule has 32 heavy (non-hydrogen) atoms. The van der Waals surface area contributed by atoms with Crippen LogP contribution < -0.4 is 19.5 Å². The Balaban J connectivity index is 2.11. The summed E-state index contributed by atoms with van der Waals surface area (Å²) < 4.78 is 22.1. The van der Waals surface area contributed by atoms with Gasteiger partial charge in [0.25, 0.3) is 5.91 Å². The van der Waals surface area contributed by atoms with Gasteiger partial charge in [0.15, 0.2) is 17.3 Å². The largest absolute Gasteiger partial charge is 0.493 e. The first-order valence-corrected chi connectivity index (χ1v) is 10.4. The summed E-state index contributed by atoms with van der Waals surface area (Å²) in [5.41, 5.74) is 1.97. The average Bonchev–Trinajstić information content (AvgIpc) is 3.45. The Kier molecular flexibility index (Phi) is 7.41. The number of aromatic nitrogens is 3. The Morgan fingerprint density at radius 1 is 1.12 bits per heavy atom. The number of rotatable bonds is 9. The molecule has 0 aliphatic heterocycles. The van der Waals surface area contributed by atoms with Gasteiger partial charge in [0.2, 0.25) is 5.75 Å². The molecule has 0 bridgehead atoms. The van der Waals surface area contributed by atoms with Gasteiger partial charge in [0, 0.05) is 29.2 Å². The molecule has 0 fully saturated rings. The summed E-state index contributed by atoms with van der Waals surface area (Å²) in [5.74, 6) is 0.515. The summed E-state index contributed by atoms with van der Waals surface area (Å²) in [7, 11) is 4.54. The van der Waals surface area contributed by atoms with Gasteiger partial charge in [-0.1, -0.05) is 0 Å². The number of halogens is 1. The number of carbonyl (C=O) groups excluding carboxylic acids is 2. The van der Waals surface area contributed by atoms with Crippen molar-refractivity contribution in [1.82, 2.24) is 20.3 Å². The number of ether oxygens (including phenoxy) is 4.